The Kier molecular flexibility index (Phi) is 6.69. The standard InChI is InChI=1S/C23H34N4O5/c1-22(2,3)32-21(29)24-18-11-15-13-27(25-17(15)12-19(18)31-6)14-20(28)26-9-7-16(8-10-26)23(4,5)30/h11-13,16,30H,7-10,14H2,1-6H3,(H,24,29). The number of methoxy groups -OCH3 is 1. The van der Waals surface area contributed by atoms with Crippen LogP contribution >= 0.6 is 0 Å². The molecule has 32 heavy (non-hydrogen) atoms. The second kappa shape index (κ2) is 8.97. The van der Waals surface area contributed by atoms with Crippen LogP contribution < -0.4 is 10.1 Å². The Labute approximate surface area is 188 Å². The third kappa shape index (κ3) is 5.91. The van der Waals surface area contributed by atoms with Crippen molar-refractivity contribution < 1.29 is 24.2 Å². The van der Waals surface area contributed by atoms with Gasteiger partial charge in [0.15, 0.2) is 0 Å². The van der Waals surface area contributed by atoms with Gasteiger partial charge in [0.2, 0.25) is 5.91 Å². The van der Waals surface area contributed by atoms with Gasteiger partial charge < -0.3 is 19.5 Å². The molecule has 1 saturated heterocycles. The van der Waals surface area contributed by atoms with Crippen LogP contribution in [0.4, 0.5) is 10.5 Å². The monoisotopic (exact) mass is 446 g/mol. The van der Waals surface area contributed by atoms with Gasteiger partial charge in [-0.25, -0.2) is 4.79 Å². The summed E-state index contributed by atoms with van der Waals surface area (Å²) in [5.41, 5.74) is -0.216. The maximum Gasteiger partial charge on any atom is 0.412 e. The summed E-state index contributed by atoms with van der Waals surface area (Å²) in [6, 6.07) is 3.47. The summed E-state index contributed by atoms with van der Waals surface area (Å²) in [6.45, 7) is 10.4. The lowest BCUT2D eigenvalue weighted by Gasteiger charge is -2.37. The Morgan fingerprint density at radius 2 is 1.84 bits per heavy atom. The van der Waals surface area contributed by atoms with Gasteiger partial charge in [0.05, 0.1) is 23.9 Å². The summed E-state index contributed by atoms with van der Waals surface area (Å²) >= 11 is 0. The molecule has 1 aromatic heterocycles. The Morgan fingerprint density at radius 3 is 2.41 bits per heavy atom. The summed E-state index contributed by atoms with van der Waals surface area (Å²) in [6.07, 6.45) is 2.77. The molecule has 1 aromatic carbocycles. The molecule has 2 N–H and O–H groups in total. The number of rotatable bonds is 5. The first kappa shape index (κ1) is 23.8. The molecule has 0 bridgehead atoms. The Morgan fingerprint density at radius 1 is 1.19 bits per heavy atom. The van der Waals surface area contributed by atoms with Crippen molar-refractivity contribution >= 4 is 28.6 Å². The number of hydrogen-bond acceptors (Lipinski definition) is 6. The minimum atomic E-state index is -0.723. The predicted molar refractivity (Wildman–Crippen MR) is 122 cm³/mol. The predicted octanol–water partition coefficient (Wildman–Crippen LogP) is 3.40. The van der Waals surface area contributed by atoms with Crippen molar-refractivity contribution in [1.82, 2.24) is 14.7 Å². The van der Waals surface area contributed by atoms with Gasteiger partial charge in [-0.15, -0.1) is 0 Å². The van der Waals surface area contributed by atoms with Crippen LogP contribution in [0.3, 0.4) is 0 Å². The fourth-order valence-electron chi connectivity index (χ4n) is 3.94. The highest BCUT2D eigenvalue weighted by Crippen LogP contribution is 2.31. The molecule has 1 aliphatic heterocycles. The van der Waals surface area contributed by atoms with E-state index in [1.165, 1.54) is 7.11 Å². The molecular weight excluding hydrogens is 412 g/mol. The largest absolute Gasteiger partial charge is 0.494 e. The number of likely N-dealkylation sites (tertiary alicyclic amines) is 1. The van der Waals surface area contributed by atoms with Gasteiger partial charge in [-0.3, -0.25) is 14.8 Å². The molecule has 9 nitrogen and oxygen atoms in total. The molecule has 3 rings (SSSR count). The molecule has 0 unspecified atom stereocenters. The fraction of sp³-hybridized carbons (Fsp3) is 0.609. The van der Waals surface area contributed by atoms with E-state index >= 15 is 0 Å². The van der Waals surface area contributed by atoms with Crippen LogP contribution in [0.5, 0.6) is 5.75 Å². The van der Waals surface area contributed by atoms with Gasteiger partial charge >= 0.3 is 6.09 Å². The second-order valence-electron chi connectivity index (χ2n) is 9.87. The van der Waals surface area contributed by atoms with Crippen molar-refractivity contribution in [3.63, 3.8) is 0 Å². The number of fused-ring (bicyclic) bond motifs is 1. The highest BCUT2D eigenvalue weighted by Gasteiger charge is 2.32. The molecule has 0 saturated carbocycles. The number of benzene rings is 1. The number of aromatic nitrogens is 2. The van der Waals surface area contributed by atoms with Crippen molar-refractivity contribution in [2.45, 2.75) is 65.2 Å². The van der Waals surface area contributed by atoms with Crippen LogP contribution in [-0.2, 0) is 16.1 Å². The summed E-state index contributed by atoms with van der Waals surface area (Å²) < 4.78 is 12.3. The molecule has 0 radical (unpaired) electrons. The lowest BCUT2D eigenvalue weighted by molar-refractivity contribution is -0.134. The van der Waals surface area contributed by atoms with Gasteiger partial charge in [-0.1, -0.05) is 0 Å². The molecule has 2 amide bonds. The number of nitrogens with zero attached hydrogens (tertiary/aromatic N) is 3. The van der Waals surface area contributed by atoms with Crippen molar-refractivity contribution in [3.8, 4) is 5.75 Å². The minimum Gasteiger partial charge on any atom is -0.494 e. The van der Waals surface area contributed by atoms with Crippen molar-refractivity contribution in [2.24, 2.45) is 5.92 Å². The van der Waals surface area contributed by atoms with E-state index in [9.17, 15) is 14.7 Å². The van der Waals surface area contributed by atoms with Gasteiger partial charge in [-0.05, 0) is 59.4 Å². The summed E-state index contributed by atoms with van der Waals surface area (Å²) in [7, 11) is 1.51. The van der Waals surface area contributed by atoms with Crippen LogP contribution in [0.2, 0.25) is 0 Å². The molecule has 0 aliphatic carbocycles. The number of aliphatic hydroxyl groups is 1. The highest BCUT2D eigenvalue weighted by atomic mass is 16.6. The van der Waals surface area contributed by atoms with Crippen LogP contribution in [0.1, 0.15) is 47.5 Å². The molecular formula is C23H34N4O5. The third-order valence-corrected chi connectivity index (χ3v) is 5.65. The van der Waals surface area contributed by atoms with Crippen LogP contribution in [0.15, 0.2) is 18.3 Å². The van der Waals surface area contributed by atoms with Crippen molar-refractivity contribution in [1.29, 1.82) is 0 Å². The average molecular weight is 447 g/mol. The van der Waals surface area contributed by atoms with E-state index in [-0.39, 0.29) is 18.4 Å². The zero-order valence-corrected chi connectivity index (χ0v) is 19.8. The molecule has 176 valence electrons. The molecule has 9 heteroatoms. The minimum absolute atomic E-state index is 0.00827. The number of piperidine rings is 1. The SMILES string of the molecule is COc1cc2nn(CC(=O)N3CCC(C(C)(C)O)CC3)cc2cc1NC(=O)OC(C)(C)C. The molecule has 2 aromatic rings. The summed E-state index contributed by atoms with van der Waals surface area (Å²) in [4.78, 5) is 26.8. The van der Waals surface area contributed by atoms with Crippen LogP contribution in [-0.4, -0.2) is 63.2 Å². The normalized spacial score (nSPS) is 15.7. The number of carbonyl (C=O) groups is 2. The van der Waals surface area contributed by atoms with Crippen LogP contribution in [0.25, 0.3) is 10.9 Å². The van der Waals surface area contributed by atoms with E-state index in [1.807, 2.05) is 18.7 Å². The molecule has 1 aliphatic rings. The van der Waals surface area contributed by atoms with E-state index in [4.69, 9.17) is 9.47 Å². The Balaban J connectivity index is 1.70. The zero-order chi connectivity index (χ0) is 23.7. The number of anilines is 1. The first-order valence-electron chi connectivity index (χ1n) is 10.9. The van der Waals surface area contributed by atoms with E-state index in [0.29, 0.717) is 30.0 Å². The lowest BCUT2D eigenvalue weighted by atomic mass is 9.83. The fourth-order valence-corrected chi connectivity index (χ4v) is 3.94. The van der Waals surface area contributed by atoms with E-state index in [0.717, 1.165) is 18.2 Å². The molecule has 0 spiro atoms. The van der Waals surface area contributed by atoms with Crippen molar-refractivity contribution in [2.75, 3.05) is 25.5 Å². The quantitative estimate of drug-likeness (QED) is 0.729. The lowest BCUT2D eigenvalue weighted by Crippen LogP contribution is -2.45. The van der Waals surface area contributed by atoms with Gasteiger partial charge in [0.25, 0.3) is 0 Å². The van der Waals surface area contributed by atoms with Gasteiger partial charge in [0.1, 0.15) is 17.9 Å². The number of nitrogens with one attached hydrogen (secondary N) is 1. The summed E-state index contributed by atoms with van der Waals surface area (Å²) in [5.74, 6) is 0.641. The maximum absolute atomic E-state index is 12.8. The third-order valence-electron chi connectivity index (χ3n) is 5.65. The number of amides is 2. The topological polar surface area (TPSA) is 106 Å². The Hall–Kier alpha value is -2.81. The number of carbonyl (C=O) groups excluding carboxylic acids is 2. The molecule has 1 fully saturated rings. The second-order valence-corrected chi connectivity index (χ2v) is 9.87. The Bertz CT molecular complexity index is 979. The van der Waals surface area contributed by atoms with E-state index in [1.54, 1.807) is 43.8 Å². The molecule has 2 heterocycles. The molecule has 0 atom stereocenters. The summed E-state index contributed by atoms with van der Waals surface area (Å²) in [5, 5.41) is 18.2. The first-order valence-corrected chi connectivity index (χ1v) is 10.9. The zero-order valence-electron chi connectivity index (χ0n) is 19.8. The van der Waals surface area contributed by atoms with Gasteiger partial charge in [-0.2, -0.15) is 5.10 Å². The number of hydrogen-bond donors (Lipinski definition) is 2. The maximum atomic E-state index is 12.8. The van der Waals surface area contributed by atoms with E-state index < -0.39 is 17.3 Å². The van der Waals surface area contributed by atoms with Gasteiger partial charge in [0, 0.05) is 30.7 Å². The van der Waals surface area contributed by atoms with E-state index in [2.05, 4.69) is 10.4 Å². The average Bonchev–Trinajstić information content (AvgIpc) is 3.06. The number of ether oxygens (including phenoxy) is 2. The first-order chi connectivity index (χ1) is 14.9. The smallest absolute Gasteiger partial charge is 0.412 e. The van der Waals surface area contributed by atoms with Crippen molar-refractivity contribution in [3.05, 3.63) is 18.3 Å². The van der Waals surface area contributed by atoms with Crippen LogP contribution in [0, 0.1) is 5.92 Å². The highest BCUT2D eigenvalue weighted by molar-refractivity contribution is 5.93.